The monoisotopic (exact) mass is 518 g/mol. The van der Waals surface area contributed by atoms with Crippen LogP contribution in [0.4, 0.5) is 27.5 Å². The number of carbonyl (C=O) groups excluding carboxylic acids is 1. The number of para-hydroxylation sites is 1. The van der Waals surface area contributed by atoms with Gasteiger partial charge in [0.05, 0.1) is 36.4 Å². The van der Waals surface area contributed by atoms with Gasteiger partial charge in [-0.3, -0.25) is 4.79 Å². The zero-order valence-corrected chi connectivity index (χ0v) is 21.1. The number of nitrogens with zero attached hydrogens (tertiary/aromatic N) is 5. The van der Waals surface area contributed by atoms with Gasteiger partial charge in [-0.25, -0.2) is 19.3 Å². The van der Waals surface area contributed by atoms with Gasteiger partial charge in [-0.15, -0.1) is 0 Å². The maximum Gasteiger partial charge on any atom is 0.269 e. The van der Waals surface area contributed by atoms with E-state index in [-0.39, 0.29) is 29.3 Å². The van der Waals surface area contributed by atoms with Gasteiger partial charge < -0.3 is 30.7 Å². The minimum atomic E-state index is -0.759. The fraction of sp³-hybridized carbons (Fsp3) is 0.269. The van der Waals surface area contributed by atoms with Crippen molar-refractivity contribution < 1.29 is 18.7 Å². The van der Waals surface area contributed by atoms with Crippen LogP contribution in [0.25, 0.3) is 10.9 Å². The molecule has 0 spiro atoms. The molecule has 11 nitrogen and oxygen atoms in total. The number of nitrogens with one attached hydrogen (secondary N) is 2. The molecule has 0 aliphatic heterocycles. The van der Waals surface area contributed by atoms with Crippen LogP contribution in [0.15, 0.2) is 48.8 Å². The first kappa shape index (κ1) is 25.1. The number of rotatable bonds is 9. The summed E-state index contributed by atoms with van der Waals surface area (Å²) < 4.78 is 26.1. The number of ether oxygens (including phenoxy) is 2. The van der Waals surface area contributed by atoms with Crippen LogP contribution in [-0.2, 0) is 0 Å². The first-order valence-electron chi connectivity index (χ1n) is 11.9. The topological polar surface area (TPSA) is 140 Å². The van der Waals surface area contributed by atoms with Crippen LogP contribution in [0.3, 0.4) is 0 Å². The number of anilines is 4. The third-order valence-electron chi connectivity index (χ3n) is 6.33. The van der Waals surface area contributed by atoms with Gasteiger partial charge in [0.15, 0.2) is 23.1 Å². The Morgan fingerprint density at radius 1 is 1.11 bits per heavy atom. The number of carbonyl (C=O) groups is 1. The highest BCUT2D eigenvalue weighted by atomic mass is 19.1. The summed E-state index contributed by atoms with van der Waals surface area (Å²) in [6.07, 6.45) is 4.47. The minimum absolute atomic E-state index is 0.0379. The van der Waals surface area contributed by atoms with E-state index in [0.29, 0.717) is 28.9 Å². The molecule has 4 aromatic rings. The molecule has 1 aromatic carbocycles. The summed E-state index contributed by atoms with van der Waals surface area (Å²) in [5, 5.41) is 6.56. The first-order chi connectivity index (χ1) is 18.3. The van der Waals surface area contributed by atoms with Crippen LogP contribution in [0.5, 0.6) is 11.6 Å². The van der Waals surface area contributed by atoms with Gasteiger partial charge in [0.1, 0.15) is 6.10 Å². The van der Waals surface area contributed by atoms with E-state index >= 15 is 0 Å². The maximum absolute atomic E-state index is 14.6. The number of fused-ring (bicyclic) bond motifs is 1. The molecule has 38 heavy (non-hydrogen) atoms. The average Bonchev–Trinajstić information content (AvgIpc) is 2.87. The van der Waals surface area contributed by atoms with Crippen LogP contribution >= 0.6 is 0 Å². The van der Waals surface area contributed by atoms with Crippen molar-refractivity contribution in [3.63, 3.8) is 0 Å². The number of nitrogens with two attached hydrogens (primary N) is 1. The lowest BCUT2D eigenvalue weighted by Crippen LogP contribution is -2.46. The largest absolute Gasteiger partial charge is 0.491 e. The minimum Gasteiger partial charge on any atom is -0.491 e. The molecule has 196 valence electrons. The van der Waals surface area contributed by atoms with Gasteiger partial charge in [-0.2, -0.15) is 4.98 Å². The highest BCUT2D eigenvalue weighted by Crippen LogP contribution is 2.34. The Labute approximate surface area is 218 Å². The molecule has 1 fully saturated rings. The van der Waals surface area contributed by atoms with Crippen molar-refractivity contribution in [2.24, 2.45) is 5.73 Å². The maximum atomic E-state index is 14.6. The SMILES string of the molecule is COc1cc(Nc2ncc(F)c(Nc3cc4ccccc4nc3C(N)=O)n2)cnc1OC1CC(N(C)C)C1. The molecule has 4 N–H and O–H groups in total. The average molecular weight is 519 g/mol. The Morgan fingerprint density at radius 2 is 1.89 bits per heavy atom. The van der Waals surface area contributed by atoms with Crippen LogP contribution in [0.1, 0.15) is 23.3 Å². The molecular formula is C26H27FN8O3. The van der Waals surface area contributed by atoms with Crippen LogP contribution in [0, 0.1) is 5.82 Å². The molecular weight excluding hydrogens is 491 g/mol. The molecule has 1 saturated carbocycles. The lowest BCUT2D eigenvalue weighted by molar-refractivity contribution is 0.0351. The summed E-state index contributed by atoms with van der Waals surface area (Å²) in [6, 6.07) is 11.1. The smallest absolute Gasteiger partial charge is 0.269 e. The van der Waals surface area contributed by atoms with Crippen molar-refractivity contribution in [2.45, 2.75) is 25.0 Å². The van der Waals surface area contributed by atoms with Crippen molar-refractivity contribution in [1.29, 1.82) is 0 Å². The predicted octanol–water partition coefficient (Wildman–Crippen LogP) is 3.63. The number of hydrogen-bond acceptors (Lipinski definition) is 10. The normalized spacial score (nSPS) is 16.7. The molecule has 1 aliphatic carbocycles. The Kier molecular flexibility index (Phi) is 6.88. The van der Waals surface area contributed by atoms with Gasteiger partial charge in [0.25, 0.3) is 11.8 Å². The molecule has 0 unspecified atom stereocenters. The van der Waals surface area contributed by atoms with Gasteiger partial charge in [-0.05, 0) is 26.2 Å². The summed E-state index contributed by atoms with van der Waals surface area (Å²) in [7, 11) is 5.63. The van der Waals surface area contributed by atoms with Crippen LogP contribution in [0.2, 0.25) is 0 Å². The third kappa shape index (κ3) is 5.25. The summed E-state index contributed by atoms with van der Waals surface area (Å²) >= 11 is 0. The summed E-state index contributed by atoms with van der Waals surface area (Å²) in [5.74, 6) is -0.723. The number of amides is 1. The van der Waals surface area contributed by atoms with Gasteiger partial charge in [0.2, 0.25) is 5.95 Å². The van der Waals surface area contributed by atoms with E-state index < -0.39 is 11.7 Å². The number of methoxy groups -OCH3 is 1. The zero-order chi connectivity index (χ0) is 26.8. The molecule has 1 aliphatic rings. The van der Waals surface area contributed by atoms with Crippen LogP contribution < -0.4 is 25.8 Å². The molecule has 0 saturated heterocycles. The second kappa shape index (κ2) is 10.4. The zero-order valence-electron chi connectivity index (χ0n) is 21.1. The van der Waals surface area contributed by atoms with Crippen molar-refractivity contribution in [1.82, 2.24) is 24.8 Å². The second-order valence-electron chi connectivity index (χ2n) is 9.14. The molecule has 0 bridgehead atoms. The first-order valence-corrected chi connectivity index (χ1v) is 11.9. The predicted molar refractivity (Wildman–Crippen MR) is 141 cm³/mol. The molecule has 0 radical (unpaired) electrons. The molecule has 12 heteroatoms. The molecule has 0 atom stereocenters. The Bertz CT molecular complexity index is 1490. The number of hydrogen-bond donors (Lipinski definition) is 3. The Morgan fingerprint density at radius 3 is 2.63 bits per heavy atom. The highest BCUT2D eigenvalue weighted by molar-refractivity contribution is 6.00. The fourth-order valence-corrected chi connectivity index (χ4v) is 4.12. The third-order valence-corrected chi connectivity index (χ3v) is 6.33. The Balaban J connectivity index is 1.35. The van der Waals surface area contributed by atoms with E-state index in [0.717, 1.165) is 24.4 Å². The van der Waals surface area contributed by atoms with Gasteiger partial charge in [0, 0.05) is 30.3 Å². The van der Waals surface area contributed by atoms with E-state index in [4.69, 9.17) is 15.2 Å². The van der Waals surface area contributed by atoms with E-state index in [1.165, 1.54) is 7.11 Å². The summed E-state index contributed by atoms with van der Waals surface area (Å²) in [4.78, 5) is 31.1. The fourth-order valence-electron chi connectivity index (χ4n) is 4.12. The number of aromatic nitrogens is 4. The van der Waals surface area contributed by atoms with Crippen molar-refractivity contribution in [2.75, 3.05) is 31.8 Å². The number of benzene rings is 1. The van der Waals surface area contributed by atoms with E-state index in [1.54, 1.807) is 30.5 Å². The summed E-state index contributed by atoms with van der Waals surface area (Å²) in [6.45, 7) is 0. The van der Waals surface area contributed by atoms with Crippen molar-refractivity contribution in [3.05, 3.63) is 60.3 Å². The molecule has 3 heterocycles. The van der Waals surface area contributed by atoms with E-state index in [2.05, 4.69) is 35.5 Å². The Hall–Kier alpha value is -4.58. The lowest BCUT2D eigenvalue weighted by atomic mass is 9.88. The molecule has 3 aromatic heterocycles. The summed E-state index contributed by atoms with van der Waals surface area (Å²) in [5.41, 5.74) is 6.80. The van der Waals surface area contributed by atoms with Crippen molar-refractivity contribution in [3.8, 4) is 11.6 Å². The van der Waals surface area contributed by atoms with E-state index in [1.807, 2.05) is 26.2 Å². The number of halogens is 1. The lowest BCUT2D eigenvalue weighted by Gasteiger charge is -2.39. The van der Waals surface area contributed by atoms with Gasteiger partial charge in [-0.1, -0.05) is 18.2 Å². The van der Waals surface area contributed by atoms with Gasteiger partial charge >= 0.3 is 0 Å². The van der Waals surface area contributed by atoms with E-state index in [9.17, 15) is 9.18 Å². The highest BCUT2D eigenvalue weighted by Gasteiger charge is 2.33. The molecule has 5 rings (SSSR count). The van der Waals surface area contributed by atoms with Crippen LogP contribution in [-0.4, -0.2) is 64.1 Å². The quantitative estimate of drug-likeness (QED) is 0.301. The molecule has 1 amide bonds. The second-order valence-corrected chi connectivity index (χ2v) is 9.14. The number of primary amides is 1. The van der Waals surface area contributed by atoms with Crippen molar-refractivity contribution >= 4 is 40.0 Å². The number of pyridine rings is 2. The standard InChI is InChI=1S/C26H27FN8O3/c1-35(2)16-10-17(11-16)38-25-21(37-3)9-15(12-29-25)31-26-30-13-18(27)24(34-26)33-20-8-14-6-4-5-7-19(14)32-22(20)23(28)36/h4-9,12-13,16-17H,10-11H2,1-3H3,(H2,28,36)(H2,30,31,33,34).